The van der Waals surface area contributed by atoms with Crippen LogP contribution in [0.25, 0.3) is 0 Å². The predicted octanol–water partition coefficient (Wildman–Crippen LogP) is 8.10. The molecule has 0 saturated heterocycles. The van der Waals surface area contributed by atoms with Gasteiger partial charge in [-0.3, -0.25) is 0 Å². The van der Waals surface area contributed by atoms with Crippen LogP contribution in [0, 0.1) is 23.7 Å². The maximum absolute atomic E-state index is 9.85. The summed E-state index contributed by atoms with van der Waals surface area (Å²) >= 11 is 0. The van der Waals surface area contributed by atoms with Gasteiger partial charge in [0, 0.05) is 0 Å². The van der Waals surface area contributed by atoms with Crippen LogP contribution in [-0.2, 0) is 21.7 Å². The molecule has 8 bridgehead atoms. The minimum atomic E-state index is 0.137. The van der Waals surface area contributed by atoms with Crippen LogP contribution in [0.15, 0.2) is 72.8 Å². The van der Waals surface area contributed by atoms with Gasteiger partial charge in [0.2, 0.25) is 0 Å². The van der Waals surface area contributed by atoms with Gasteiger partial charge in [-0.25, -0.2) is 0 Å². The molecule has 0 unspecified atom stereocenters. The van der Waals surface area contributed by atoms with Crippen LogP contribution in [0.1, 0.15) is 99.3 Å². The minimum absolute atomic E-state index is 0.137. The van der Waals surface area contributed by atoms with Crippen molar-refractivity contribution in [3.63, 3.8) is 0 Å². The molecule has 0 spiro atoms. The normalized spacial score (nSPS) is 34.9. The largest absolute Gasteiger partial charge is 0.506 e. The highest BCUT2D eigenvalue weighted by atomic mass is 16.3. The van der Waals surface area contributed by atoms with E-state index in [2.05, 4.69) is 24.3 Å². The fraction of sp³-hybridized carbons (Fsp3) is 0.455. The molecule has 0 radical (unpaired) electrons. The molecule has 52 heavy (non-hydrogen) atoms. The van der Waals surface area contributed by atoms with E-state index in [9.17, 15) is 20.4 Å². The first-order valence-electron chi connectivity index (χ1n) is 19.1. The van der Waals surface area contributed by atoms with E-state index in [0.717, 1.165) is 36.5 Å². The Morgan fingerprint density at radius 2 is 0.577 bits per heavy atom. The molecule has 8 aliphatic carbocycles. The van der Waals surface area contributed by atoms with Crippen molar-refractivity contribution in [1.82, 2.24) is 0 Å². The molecule has 8 saturated carbocycles. The first-order chi connectivity index (χ1) is 24.8. The molecule has 0 amide bonds. The summed E-state index contributed by atoms with van der Waals surface area (Å²) in [6.45, 7) is 0. The van der Waals surface area contributed by atoms with Gasteiger partial charge in [0.25, 0.3) is 0 Å². The number of phenols is 4. The smallest absolute Gasteiger partial charge is 0.138 e. The number of hydrogen-bond acceptors (Lipinski definition) is 8. The summed E-state index contributed by atoms with van der Waals surface area (Å²) in [4.78, 5) is 0. The Morgan fingerprint density at radius 1 is 0.365 bits per heavy atom. The van der Waals surface area contributed by atoms with Crippen LogP contribution in [0.3, 0.4) is 0 Å². The van der Waals surface area contributed by atoms with Gasteiger partial charge in [-0.15, -0.1) is 0 Å². The lowest BCUT2D eigenvalue weighted by atomic mass is 9.41. The number of nitrogen functional groups attached to an aromatic ring is 4. The second kappa shape index (κ2) is 11.4. The second-order valence-electron chi connectivity index (χ2n) is 18.1. The van der Waals surface area contributed by atoms with Gasteiger partial charge in [-0.2, -0.15) is 0 Å². The zero-order chi connectivity index (χ0) is 36.2. The van der Waals surface area contributed by atoms with E-state index in [1.165, 1.54) is 86.5 Å². The molecular formula is C44H52N4O4. The molecule has 0 aromatic heterocycles. The van der Waals surface area contributed by atoms with E-state index < -0.39 is 0 Å². The lowest BCUT2D eigenvalue weighted by Crippen LogP contribution is -2.55. The lowest BCUT2D eigenvalue weighted by Gasteiger charge is -2.63. The van der Waals surface area contributed by atoms with E-state index >= 15 is 0 Å². The molecule has 4 aromatic carbocycles. The second-order valence-corrected chi connectivity index (χ2v) is 18.1. The molecule has 8 heteroatoms. The summed E-state index contributed by atoms with van der Waals surface area (Å²) in [5.74, 6) is 3.56. The van der Waals surface area contributed by atoms with Crippen LogP contribution in [-0.4, -0.2) is 20.4 Å². The standard InChI is InChI=1S/2C22H26N2O2/c2*23-17-6-15(1-3-19(17)25)21-8-13-5-14(9-21)11-22(10-13,12-21)16-2-4-20(26)18(24)7-16/h2*1-4,6-7,13-14,25-26H,5,8-12,23-24H2. The molecular weight excluding hydrogens is 649 g/mol. The maximum Gasteiger partial charge on any atom is 0.138 e. The van der Waals surface area contributed by atoms with E-state index in [4.69, 9.17) is 22.9 Å². The summed E-state index contributed by atoms with van der Waals surface area (Å²) in [6.07, 6.45) is 14.5. The van der Waals surface area contributed by atoms with Crippen LogP contribution in [0.5, 0.6) is 23.0 Å². The molecule has 8 fully saturated rings. The van der Waals surface area contributed by atoms with E-state index in [-0.39, 0.29) is 44.7 Å². The molecule has 0 aliphatic heterocycles. The van der Waals surface area contributed by atoms with Crippen molar-refractivity contribution in [2.75, 3.05) is 22.9 Å². The number of rotatable bonds is 4. The topological polar surface area (TPSA) is 185 Å². The van der Waals surface area contributed by atoms with Crippen molar-refractivity contribution in [1.29, 1.82) is 0 Å². The van der Waals surface area contributed by atoms with Crippen LogP contribution in [0.4, 0.5) is 22.7 Å². The summed E-state index contributed by atoms with van der Waals surface area (Å²) in [6, 6.07) is 23.2. The molecule has 0 heterocycles. The van der Waals surface area contributed by atoms with Crippen molar-refractivity contribution in [2.24, 2.45) is 23.7 Å². The van der Waals surface area contributed by atoms with Gasteiger partial charge < -0.3 is 43.4 Å². The Kier molecular flexibility index (Phi) is 7.26. The number of phenolic OH excluding ortho intramolecular Hbond substituents is 4. The minimum Gasteiger partial charge on any atom is -0.506 e. The number of benzene rings is 4. The average Bonchev–Trinajstić information content (AvgIpc) is 3.08. The molecule has 272 valence electrons. The Balaban J connectivity index is 0.000000138. The first kappa shape index (κ1) is 33.1. The highest BCUT2D eigenvalue weighted by Gasteiger charge is 2.60. The summed E-state index contributed by atoms with van der Waals surface area (Å²) in [5.41, 5.74) is 31.6. The fourth-order valence-electron chi connectivity index (χ4n) is 13.4. The Hall–Kier alpha value is -4.72. The summed E-state index contributed by atoms with van der Waals surface area (Å²) in [7, 11) is 0. The van der Waals surface area contributed by atoms with Gasteiger partial charge in [0.15, 0.2) is 0 Å². The van der Waals surface area contributed by atoms with E-state index in [0.29, 0.717) is 22.7 Å². The van der Waals surface area contributed by atoms with Gasteiger partial charge in [-0.1, -0.05) is 24.3 Å². The van der Waals surface area contributed by atoms with Crippen molar-refractivity contribution in [3.05, 3.63) is 95.1 Å². The lowest BCUT2D eigenvalue weighted by molar-refractivity contribution is -0.0282. The van der Waals surface area contributed by atoms with E-state index in [1.54, 1.807) is 24.3 Å². The molecule has 8 aliphatic rings. The Labute approximate surface area is 305 Å². The quantitative estimate of drug-likeness (QED) is 0.0775. The molecule has 12 N–H and O–H groups in total. The average molecular weight is 701 g/mol. The summed E-state index contributed by atoms with van der Waals surface area (Å²) < 4.78 is 0. The Bertz CT molecular complexity index is 1760. The molecule has 0 atom stereocenters. The Morgan fingerprint density at radius 3 is 0.769 bits per heavy atom. The van der Waals surface area contributed by atoms with Gasteiger partial charge in [0.1, 0.15) is 23.0 Å². The third-order valence-electron chi connectivity index (χ3n) is 14.7. The zero-order valence-electron chi connectivity index (χ0n) is 29.8. The monoisotopic (exact) mass is 700 g/mol. The number of hydrogen-bond donors (Lipinski definition) is 8. The van der Waals surface area contributed by atoms with Crippen molar-refractivity contribution >= 4 is 22.7 Å². The van der Waals surface area contributed by atoms with Crippen molar-refractivity contribution in [2.45, 2.75) is 98.7 Å². The highest BCUT2D eigenvalue weighted by molar-refractivity contribution is 5.59. The van der Waals surface area contributed by atoms with Crippen LogP contribution in [0.2, 0.25) is 0 Å². The third-order valence-corrected chi connectivity index (χ3v) is 14.7. The van der Waals surface area contributed by atoms with Gasteiger partial charge in [-0.05, 0) is 193 Å². The SMILES string of the molecule is Nc1cc(C23CC4CC(C2)CC(c2ccc(O)c(N)c2)(C4)C3)ccc1O.Nc1cc(C23CC4CC(C2)CC(c2ccc(O)c(N)c2)(C4)C3)ccc1O. The summed E-state index contributed by atoms with van der Waals surface area (Å²) in [5, 5.41) is 39.4. The number of anilines is 4. The highest BCUT2D eigenvalue weighted by Crippen LogP contribution is 2.68. The van der Waals surface area contributed by atoms with Crippen LogP contribution < -0.4 is 22.9 Å². The van der Waals surface area contributed by atoms with Crippen LogP contribution >= 0.6 is 0 Å². The molecule has 4 aromatic rings. The molecule has 8 nitrogen and oxygen atoms in total. The molecule has 12 rings (SSSR count). The van der Waals surface area contributed by atoms with Crippen molar-refractivity contribution < 1.29 is 20.4 Å². The van der Waals surface area contributed by atoms with Crippen molar-refractivity contribution in [3.8, 4) is 23.0 Å². The first-order valence-corrected chi connectivity index (χ1v) is 19.1. The number of nitrogens with two attached hydrogens (primary N) is 4. The number of aromatic hydroxyl groups is 4. The zero-order valence-corrected chi connectivity index (χ0v) is 29.8. The maximum atomic E-state index is 9.85. The fourth-order valence-corrected chi connectivity index (χ4v) is 13.4. The third kappa shape index (κ3) is 5.15. The van der Waals surface area contributed by atoms with Gasteiger partial charge in [0.05, 0.1) is 22.7 Å². The predicted molar refractivity (Wildman–Crippen MR) is 206 cm³/mol. The van der Waals surface area contributed by atoms with Gasteiger partial charge >= 0.3 is 0 Å². The van der Waals surface area contributed by atoms with E-state index in [1.807, 2.05) is 24.3 Å².